The molecule has 0 amide bonds. The fourth-order valence-corrected chi connectivity index (χ4v) is 3.82. The van der Waals surface area contributed by atoms with Crippen molar-refractivity contribution in [2.75, 3.05) is 39.1 Å². The summed E-state index contributed by atoms with van der Waals surface area (Å²) in [7, 11) is 4.02. The quantitative estimate of drug-likeness (QED) is 0.514. The molecule has 0 atom stereocenters. The molecule has 0 bridgehead atoms. The summed E-state index contributed by atoms with van der Waals surface area (Å²) in [6.07, 6.45) is 0. The molecule has 0 aliphatic rings. The number of rotatable bonds is 10. The summed E-state index contributed by atoms with van der Waals surface area (Å²) in [5.74, 6) is 0.821. The zero-order valence-corrected chi connectivity index (χ0v) is 18.4. The number of nitriles is 1. The van der Waals surface area contributed by atoms with Gasteiger partial charge in [-0.2, -0.15) is 5.26 Å². The third kappa shape index (κ3) is 5.59. The van der Waals surface area contributed by atoms with Gasteiger partial charge in [-0.3, -0.25) is 0 Å². The standard InChI is InChI=1S/C24H31N5O/c1-24(2,17-28(4)12-13-30-16-19-8-6-5-7-9-19)18-29-22-11-10-20(15-25)14-21(22)27-23(29)26-3/h5-11,14H,12-13,16-18H2,1-4H3,(H,26,27). The predicted molar refractivity (Wildman–Crippen MR) is 121 cm³/mol. The van der Waals surface area contributed by atoms with Crippen LogP contribution in [0.2, 0.25) is 0 Å². The lowest BCUT2D eigenvalue weighted by atomic mass is 9.92. The first-order valence-corrected chi connectivity index (χ1v) is 10.3. The monoisotopic (exact) mass is 405 g/mol. The minimum Gasteiger partial charge on any atom is -0.375 e. The van der Waals surface area contributed by atoms with Gasteiger partial charge < -0.3 is 19.5 Å². The Morgan fingerprint density at radius 2 is 1.97 bits per heavy atom. The summed E-state index contributed by atoms with van der Waals surface area (Å²) >= 11 is 0. The number of hydrogen-bond donors (Lipinski definition) is 1. The van der Waals surface area contributed by atoms with Gasteiger partial charge in [0.25, 0.3) is 0 Å². The molecule has 30 heavy (non-hydrogen) atoms. The SMILES string of the molecule is CNc1nc2cc(C#N)ccc2n1CC(C)(C)CN(C)CCOCc1ccccc1. The molecular formula is C24H31N5O. The van der Waals surface area contributed by atoms with Crippen LogP contribution in [0.4, 0.5) is 5.95 Å². The number of hydrogen-bond acceptors (Lipinski definition) is 5. The number of fused-ring (bicyclic) bond motifs is 1. The van der Waals surface area contributed by atoms with Crippen LogP contribution in [0.5, 0.6) is 0 Å². The average molecular weight is 406 g/mol. The third-order valence-electron chi connectivity index (χ3n) is 5.11. The highest BCUT2D eigenvalue weighted by molar-refractivity contribution is 5.80. The number of benzene rings is 2. The van der Waals surface area contributed by atoms with Gasteiger partial charge in [-0.15, -0.1) is 0 Å². The summed E-state index contributed by atoms with van der Waals surface area (Å²) < 4.78 is 8.04. The van der Waals surface area contributed by atoms with Crippen molar-refractivity contribution in [1.82, 2.24) is 14.5 Å². The maximum absolute atomic E-state index is 9.15. The second kappa shape index (κ2) is 9.75. The Kier molecular flexibility index (Phi) is 7.09. The lowest BCUT2D eigenvalue weighted by molar-refractivity contribution is 0.0861. The maximum atomic E-state index is 9.15. The third-order valence-corrected chi connectivity index (χ3v) is 5.11. The first kappa shape index (κ1) is 21.8. The number of likely N-dealkylation sites (N-methyl/N-ethyl adjacent to an activating group) is 1. The van der Waals surface area contributed by atoms with Gasteiger partial charge in [0.1, 0.15) is 0 Å². The number of imidazole rings is 1. The van der Waals surface area contributed by atoms with Gasteiger partial charge in [-0.05, 0) is 36.2 Å². The summed E-state index contributed by atoms with van der Waals surface area (Å²) in [4.78, 5) is 6.98. The second-order valence-electron chi connectivity index (χ2n) is 8.53. The van der Waals surface area contributed by atoms with E-state index in [1.807, 2.05) is 43.4 Å². The van der Waals surface area contributed by atoms with Crippen molar-refractivity contribution < 1.29 is 4.74 Å². The second-order valence-corrected chi connectivity index (χ2v) is 8.53. The van der Waals surface area contributed by atoms with Gasteiger partial charge in [-0.1, -0.05) is 44.2 Å². The fraction of sp³-hybridized carbons (Fsp3) is 0.417. The molecule has 3 rings (SSSR count). The topological polar surface area (TPSA) is 66.1 Å². The highest BCUT2D eigenvalue weighted by Crippen LogP contribution is 2.27. The van der Waals surface area contributed by atoms with Crippen LogP contribution in [0.1, 0.15) is 25.0 Å². The predicted octanol–water partition coefficient (Wildman–Crippen LogP) is 4.12. The maximum Gasteiger partial charge on any atom is 0.203 e. The van der Waals surface area contributed by atoms with E-state index in [9.17, 15) is 0 Å². The molecule has 1 N–H and O–H groups in total. The molecule has 0 aliphatic carbocycles. The van der Waals surface area contributed by atoms with E-state index in [0.29, 0.717) is 18.8 Å². The minimum atomic E-state index is 0.0291. The van der Waals surface area contributed by atoms with Gasteiger partial charge in [0, 0.05) is 26.7 Å². The minimum absolute atomic E-state index is 0.0291. The number of ether oxygens (including phenoxy) is 1. The Labute approximate surface area is 179 Å². The van der Waals surface area contributed by atoms with Gasteiger partial charge in [0.15, 0.2) is 0 Å². The van der Waals surface area contributed by atoms with Crippen LogP contribution in [0.3, 0.4) is 0 Å². The molecule has 6 heteroatoms. The van der Waals surface area contributed by atoms with Crippen molar-refractivity contribution in [1.29, 1.82) is 5.26 Å². The Hall–Kier alpha value is -2.88. The van der Waals surface area contributed by atoms with Gasteiger partial charge in [0.2, 0.25) is 5.95 Å². The lowest BCUT2D eigenvalue weighted by Crippen LogP contribution is -2.36. The van der Waals surface area contributed by atoms with Crippen LogP contribution < -0.4 is 5.32 Å². The molecule has 6 nitrogen and oxygen atoms in total. The molecule has 0 radical (unpaired) electrons. The highest BCUT2D eigenvalue weighted by Gasteiger charge is 2.24. The van der Waals surface area contributed by atoms with Crippen LogP contribution in [-0.4, -0.2) is 48.2 Å². The van der Waals surface area contributed by atoms with Crippen LogP contribution in [0.15, 0.2) is 48.5 Å². The van der Waals surface area contributed by atoms with Gasteiger partial charge in [-0.25, -0.2) is 4.98 Å². The van der Waals surface area contributed by atoms with E-state index in [1.165, 1.54) is 5.56 Å². The molecule has 0 fully saturated rings. The van der Waals surface area contributed by atoms with E-state index in [2.05, 4.69) is 58.9 Å². The molecule has 1 aromatic heterocycles. The molecular weight excluding hydrogens is 374 g/mol. The Balaban J connectivity index is 1.58. The number of nitrogens with zero attached hydrogens (tertiary/aromatic N) is 4. The first-order chi connectivity index (χ1) is 14.4. The first-order valence-electron chi connectivity index (χ1n) is 10.3. The smallest absolute Gasteiger partial charge is 0.203 e. The number of aromatic nitrogens is 2. The summed E-state index contributed by atoms with van der Waals surface area (Å²) in [6.45, 7) is 8.52. The molecule has 0 saturated carbocycles. The molecule has 158 valence electrons. The van der Waals surface area contributed by atoms with Crippen LogP contribution >= 0.6 is 0 Å². The average Bonchev–Trinajstić information content (AvgIpc) is 3.07. The fourth-order valence-electron chi connectivity index (χ4n) is 3.82. The van der Waals surface area contributed by atoms with Gasteiger partial charge >= 0.3 is 0 Å². The molecule has 1 heterocycles. The Bertz CT molecular complexity index is 1000. The molecule has 2 aromatic carbocycles. The van der Waals surface area contributed by atoms with E-state index in [4.69, 9.17) is 10.00 Å². The summed E-state index contributed by atoms with van der Waals surface area (Å²) in [5.41, 5.74) is 3.74. The van der Waals surface area contributed by atoms with Crippen molar-refractivity contribution in [3.63, 3.8) is 0 Å². The summed E-state index contributed by atoms with van der Waals surface area (Å²) in [6, 6.07) is 18.1. The molecule has 3 aromatic rings. The largest absolute Gasteiger partial charge is 0.375 e. The normalized spacial score (nSPS) is 11.7. The van der Waals surface area contributed by atoms with Gasteiger partial charge in [0.05, 0.1) is 35.9 Å². The van der Waals surface area contributed by atoms with E-state index in [1.54, 1.807) is 0 Å². The molecule has 0 spiro atoms. The van der Waals surface area contributed by atoms with Crippen LogP contribution in [0, 0.1) is 16.7 Å². The van der Waals surface area contributed by atoms with Crippen LogP contribution in [0.25, 0.3) is 11.0 Å². The van der Waals surface area contributed by atoms with Crippen molar-refractivity contribution in [2.24, 2.45) is 5.41 Å². The van der Waals surface area contributed by atoms with Crippen molar-refractivity contribution in [3.05, 3.63) is 59.7 Å². The van der Waals surface area contributed by atoms with E-state index >= 15 is 0 Å². The molecule has 0 saturated heterocycles. The zero-order valence-electron chi connectivity index (χ0n) is 18.4. The lowest BCUT2D eigenvalue weighted by Gasteiger charge is -2.31. The highest BCUT2D eigenvalue weighted by atomic mass is 16.5. The van der Waals surface area contributed by atoms with E-state index in [0.717, 1.165) is 36.6 Å². The number of anilines is 1. The van der Waals surface area contributed by atoms with E-state index < -0.39 is 0 Å². The Morgan fingerprint density at radius 1 is 1.20 bits per heavy atom. The molecule has 0 unspecified atom stereocenters. The van der Waals surface area contributed by atoms with Crippen LogP contribution in [-0.2, 0) is 17.9 Å². The summed E-state index contributed by atoms with van der Waals surface area (Å²) in [5, 5.41) is 12.3. The zero-order chi connectivity index (χ0) is 21.6. The van der Waals surface area contributed by atoms with Crippen molar-refractivity contribution in [2.45, 2.75) is 27.0 Å². The Morgan fingerprint density at radius 3 is 2.67 bits per heavy atom. The van der Waals surface area contributed by atoms with Crippen molar-refractivity contribution in [3.8, 4) is 6.07 Å². The number of nitrogens with one attached hydrogen (secondary N) is 1. The van der Waals surface area contributed by atoms with E-state index in [-0.39, 0.29) is 5.41 Å². The molecule has 0 aliphatic heterocycles. The van der Waals surface area contributed by atoms with Crippen molar-refractivity contribution >= 4 is 17.0 Å².